The van der Waals surface area contributed by atoms with E-state index < -0.39 is 11.7 Å². The van der Waals surface area contributed by atoms with Crippen LogP contribution in [0.2, 0.25) is 0 Å². The number of carbonyl (C=O) groups excluding carboxylic acids is 3. The largest absolute Gasteiger partial charge is 0.352 e. The lowest BCUT2D eigenvalue weighted by molar-refractivity contribution is -0.181. The molecule has 0 saturated carbocycles. The molecule has 1 aromatic heterocycles. The van der Waals surface area contributed by atoms with E-state index in [-0.39, 0.29) is 24.3 Å². The first-order chi connectivity index (χ1) is 12.3. The number of nitrogens with one attached hydrogen (secondary N) is 1. The van der Waals surface area contributed by atoms with Crippen LogP contribution in [0.4, 0.5) is 0 Å². The molecule has 1 saturated heterocycles. The van der Waals surface area contributed by atoms with Gasteiger partial charge < -0.3 is 24.4 Å². The molecule has 0 radical (unpaired) electrons. The number of carbonyl (C=O) groups is 3. The molecule has 26 heavy (non-hydrogen) atoms. The maximum absolute atomic E-state index is 12.4. The summed E-state index contributed by atoms with van der Waals surface area (Å²) in [6.07, 6.45) is 4.15. The van der Waals surface area contributed by atoms with Crippen LogP contribution < -0.4 is 5.32 Å². The molecule has 3 rings (SSSR count). The van der Waals surface area contributed by atoms with Crippen LogP contribution in [0.1, 0.15) is 25.6 Å². The van der Waals surface area contributed by atoms with E-state index in [0.717, 1.165) is 5.82 Å². The van der Waals surface area contributed by atoms with Crippen LogP contribution >= 0.6 is 0 Å². The van der Waals surface area contributed by atoms with Crippen LogP contribution in [0.15, 0.2) is 12.4 Å². The predicted molar refractivity (Wildman–Crippen MR) is 92.0 cm³/mol. The Morgan fingerprint density at radius 2 is 2.04 bits per heavy atom. The highest BCUT2D eigenvalue weighted by molar-refractivity contribution is 5.83. The molecule has 0 aliphatic carbocycles. The topological polar surface area (TPSA) is 96.8 Å². The molecule has 2 aliphatic rings. The zero-order valence-electron chi connectivity index (χ0n) is 15.4. The second-order valence-corrected chi connectivity index (χ2v) is 7.03. The highest BCUT2D eigenvalue weighted by Gasteiger charge is 2.47. The number of nitrogens with zero attached hydrogens (tertiary/aromatic N) is 4. The molecule has 1 spiro atoms. The average Bonchev–Trinajstić information content (AvgIpc) is 3.09. The van der Waals surface area contributed by atoms with Gasteiger partial charge >= 0.3 is 0 Å². The van der Waals surface area contributed by atoms with E-state index in [9.17, 15) is 14.4 Å². The fourth-order valence-electron chi connectivity index (χ4n) is 3.58. The highest BCUT2D eigenvalue weighted by Crippen LogP contribution is 2.40. The number of ether oxygens (including phenoxy) is 1. The van der Waals surface area contributed by atoms with Gasteiger partial charge in [0, 0.05) is 59.3 Å². The monoisotopic (exact) mass is 363 g/mol. The third kappa shape index (κ3) is 3.44. The van der Waals surface area contributed by atoms with Crippen molar-refractivity contribution in [1.82, 2.24) is 24.7 Å². The molecule has 1 N–H and O–H groups in total. The summed E-state index contributed by atoms with van der Waals surface area (Å²) in [6, 6.07) is 0. The number of fused-ring (bicyclic) bond motifs is 2. The van der Waals surface area contributed by atoms with Gasteiger partial charge in [-0.3, -0.25) is 14.4 Å². The number of likely N-dealkylation sites (tertiary alicyclic amines) is 1. The predicted octanol–water partition coefficient (Wildman–Crippen LogP) is -0.676. The molecule has 9 heteroatoms. The Balaban J connectivity index is 1.73. The molecule has 2 aliphatic heterocycles. The average molecular weight is 363 g/mol. The van der Waals surface area contributed by atoms with Gasteiger partial charge in [0.15, 0.2) is 6.10 Å². The third-order valence-electron chi connectivity index (χ3n) is 4.98. The van der Waals surface area contributed by atoms with Crippen molar-refractivity contribution in [3.63, 3.8) is 0 Å². The molecule has 1 aromatic rings. The summed E-state index contributed by atoms with van der Waals surface area (Å²) in [6.45, 7) is 2.82. The number of imidazole rings is 1. The molecular weight excluding hydrogens is 338 g/mol. The van der Waals surface area contributed by atoms with Crippen molar-refractivity contribution in [2.24, 2.45) is 0 Å². The van der Waals surface area contributed by atoms with Crippen molar-refractivity contribution in [2.45, 2.75) is 38.0 Å². The van der Waals surface area contributed by atoms with E-state index in [0.29, 0.717) is 32.5 Å². The summed E-state index contributed by atoms with van der Waals surface area (Å²) < 4.78 is 8.24. The Morgan fingerprint density at radius 3 is 2.65 bits per heavy atom. The van der Waals surface area contributed by atoms with Crippen molar-refractivity contribution in [1.29, 1.82) is 0 Å². The first-order valence-electron chi connectivity index (χ1n) is 8.75. The molecule has 0 unspecified atom stereocenters. The maximum atomic E-state index is 12.4. The van der Waals surface area contributed by atoms with Gasteiger partial charge in [0.05, 0.1) is 13.1 Å². The highest BCUT2D eigenvalue weighted by atomic mass is 16.5. The lowest BCUT2D eigenvalue weighted by Crippen LogP contribution is -2.55. The number of rotatable bonds is 3. The van der Waals surface area contributed by atoms with Gasteiger partial charge in [-0.2, -0.15) is 0 Å². The lowest BCUT2D eigenvalue weighted by atomic mass is 9.88. The Kier molecular flexibility index (Phi) is 4.99. The fourth-order valence-corrected chi connectivity index (χ4v) is 3.58. The van der Waals surface area contributed by atoms with Gasteiger partial charge in [0.25, 0.3) is 5.91 Å². The number of likely N-dealkylation sites (N-methyl/N-ethyl adjacent to an activating group) is 1. The van der Waals surface area contributed by atoms with Crippen molar-refractivity contribution in [2.75, 3.05) is 33.7 Å². The summed E-state index contributed by atoms with van der Waals surface area (Å²) in [5.74, 6) is 0.395. The van der Waals surface area contributed by atoms with Gasteiger partial charge in [0.2, 0.25) is 11.8 Å². The van der Waals surface area contributed by atoms with Crippen LogP contribution in [0.3, 0.4) is 0 Å². The molecular formula is C17H25N5O4. The molecule has 3 amide bonds. The Bertz CT molecular complexity index is 706. The molecule has 0 bridgehead atoms. The SMILES string of the molecule is CC(=O)NCC(=O)N1CCC2(CC1)O[C@H](C(=O)N(C)C)Cn1ccnc12. The van der Waals surface area contributed by atoms with Crippen molar-refractivity contribution >= 4 is 17.7 Å². The van der Waals surface area contributed by atoms with Gasteiger partial charge in [-0.15, -0.1) is 0 Å². The summed E-state index contributed by atoms with van der Waals surface area (Å²) in [7, 11) is 3.43. The van der Waals surface area contributed by atoms with Crippen LogP contribution in [0.5, 0.6) is 0 Å². The van der Waals surface area contributed by atoms with E-state index in [1.165, 1.54) is 11.8 Å². The molecule has 142 valence electrons. The van der Waals surface area contributed by atoms with E-state index >= 15 is 0 Å². The Labute approximate surface area is 152 Å². The minimum atomic E-state index is -0.664. The minimum Gasteiger partial charge on any atom is -0.352 e. The van der Waals surface area contributed by atoms with Crippen molar-refractivity contribution < 1.29 is 19.1 Å². The van der Waals surface area contributed by atoms with E-state index in [1.807, 2.05) is 10.8 Å². The second kappa shape index (κ2) is 7.06. The normalized spacial score (nSPS) is 21.2. The number of amides is 3. The summed E-state index contributed by atoms with van der Waals surface area (Å²) in [5, 5.41) is 2.53. The summed E-state index contributed by atoms with van der Waals surface area (Å²) >= 11 is 0. The molecule has 9 nitrogen and oxygen atoms in total. The summed E-state index contributed by atoms with van der Waals surface area (Å²) in [5.41, 5.74) is -0.664. The van der Waals surface area contributed by atoms with Crippen molar-refractivity contribution in [3.05, 3.63) is 18.2 Å². The molecule has 1 fully saturated rings. The first kappa shape index (κ1) is 18.4. The Hall–Kier alpha value is -2.42. The van der Waals surface area contributed by atoms with E-state index in [4.69, 9.17) is 4.74 Å². The first-order valence-corrected chi connectivity index (χ1v) is 8.75. The van der Waals surface area contributed by atoms with Crippen LogP contribution in [-0.4, -0.2) is 76.9 Å². The van der Waals surface area contributed by atoms with Gasteiger partial charge in [-0.25, -0.2) is 4.98 Å². The fraction of sp³-hybridized carbons (Fsp3) is 0.647. The van der Waals surface area contributed by atoms with Gasteiger partial charge in [-0.05, 0) is 0 Å². The van der Waals surface area contributed by atoms with Crippen LogP contribution in [0, 0.1) is 0 Å². The second-order valence-electron chi connectivity index (χ2n) is 7.03. The lowest BCUT2D eigenvalue weighted by Gasteiger charge is -2.45. The summed E-state index contributed by atoms with van der Waals surface area (Å²) in [4.78, 5) is 43.4. The number of hydrogen-bond donors (Lipinski definition) is 1. The number of aromatic nitrogens is 2. The number of piperidine rings is 1. The maximum Gasteiger partial charge on any atom is 0.253 e. The zero-order valence-corrected chi connectivity index (χ0v) is 15.4. The smallest absolute Gasteiger partial charge is 0.253 e. The molecule has 1 atom stereocenters. The number of hydrogen-bond acceptors (Lipinski definition) is 5. The van der Waals surface area contributed by atoms with E-state index in [2.05, 4.69) is 10.3 Å². The standard InChI is InChI=1S/C17H25N5O4/c1-12(23)19-10-14(24)21-7-4-17(5-8-21)16-18-6-9-22(16)11-13(26-17)15(25)20(2)3/h6,9,13H,4-5,7-8,10-11H2,1-3H3,(H,19,23)/t13-/m0/s1. The van der Waals surface area contributed by atoms with Crippen molar-refractivity contribution in [3.8, 4) is 0 Å². The van der Waals surface area contributed by atoms with Gasteiger partial charge in [-0.1, -0.05) is 0 Å². The van der Waals surface area contributed by atoms with E-state index in [1.54, 1.807) is 25.2 Å². The quantitative estimate of drug-likeness (QED) is 0.768. The van der Waals surface area contributed by atoms with Gasteiger partial charge in [0.1, 0.15) is 11.4 Å². The molecule has 3 heterocycles. The molecule has 0 aromatic carbocycles. The van der Waals surface area contributed by atoms with Crippen LogP contribution in [0.25, 0.3) is 0 Å². The Morgan fingerprint density at radius 1 is 1.35 bits per heavy atom. The minimum absolute atomic E-state index is 0.000439. The third-order valence-corrected chi connectivity index (χ3v) is 4.98. The van der Waals surface area contributed by atoms with Crippen LogP contribution in [-0.2, 0) is 31.3 Å². The zero-order chi connectivity index (χ0) is 18.9.